The van der Waals surface area contributed by atoms with Crippen LogP contribution in [0.4, 0.5) is 0 Å². The first kappa shape index (κ1) is 18.9. The molecule has 2 bridgehead atoms. The average molecular weight is 378 g/mol. The summed E-state index contributed by atoms with van der Waals surface area (Å²) in [6.07, 6.45) is 1.68. The molecule has 28 heavy (non-hydrogen) atoms. The molecular weight excluding hydrogens is 352 g/mol. The molecule has 4 rings (SSSR count). The van der Waals surface area contributed by atoms with Gasteiger partial charge in [0, 0.05) is 18.6 Å². The van der Waals surface area contributed by atoms with Gasteiger partial charge in [0.15, 0.2) is 0 Å². The first-order chi connectivity index (χ1) is 13.7. The van der Waals surface area contributed by atoms with E-state index in [1.54, 1.807) is 0 Å². The van der Waals surface area contributed by atoms with E-state index in [1.165, 1.54) is 5.56 Å². The zero-order chi connectivity index (χ0) is 19.4. The van der Waals surface area contributed by atoms with E-state index in [9.17, 15) is 5.11 Å². The number of rotatable bonds is 6. The number of nitriles is 1. The Morgan fingerprint density at radius 3 is 2.39 bits per heavy atom. The highest BCUT2D eigenvalue weighted by Crippen LogP contribution is 2.41. The van der Waals surface area contributed by atoms with Gasteiger partial charge in [-0.15, -0.1) is 0 Å². The van der Waals surface area contributed by atoms with Crippen LogP contribution in [0.15, 0.2) is 54.6 Å². The van der Waals surface area contributed by atoms with Crippen LogP contribution in [0.3, 0.4) is 0 Å². The SMILES string of the molecule is N#CCCOc1ccc(C2(O)CC3COCC(C2)N3Cc2ccccc2)cc1. The number of piperidine rings is 1. The van der Waals surface area contributed by atoms with E-state index in [2.05, 4.69) is 35.2 Å². The predicted octanol–water partition coefficient (Wildman–Crippen LogP) is 3.23. The van der Waals surface area contributed by atoms with Crippen LogP contribution < -0.4 is 4.74 Å². The minimum absolute atomic E-state index is 0.198. The summed E-state index contributed by atoms with van der Waals surface area (Å²) in [5, 5.41) is 20.1. The lowest BCUT2D eigenvalue weighted by atomic mass is 9.76. The quantitative estimate of drug-likeness (QED) is 0.782. The fourth-order valence-electron chi connectivity index (χ4n) is 4.41. The molecule has 2 heterocycles. The third-order valence-corrected chi connectivity index (χ3v) is 5.79. The Morgan fingerprint density at radius 2 is 1.75 bits per heavy atom. The van der Waals surface area contributed by atoms with E-state index < -0.39 is 5.60 Å². The van der Waals surface area contributed by atoms with Crippen molar-refractivity contribution in [1.29, 1.82) is 5.26 Å². The monoisotopic (exact) mass is 378 g/mol. The normalized spacial score (nSPS) is 27.1. The van der Waals surface area contributed by atoms with Gasteiger partial charge in [0.25, 0.3) is 0 Å². The van der Waals surface area contributed by atoms with Gasteiger partial charge in [-0.2, -0.15) is 5.26 Å². The lowest BCUT2D eigenvalue weighted by molar-refractivity contribution is -0.149. The molecular formula is C23H26N2O3. The van der Waals surface area contributed by atoms with Crippen LogP contribution in [0.5, 0.6) is 5.75 Å². The summed E-state index contributed by atoms with van der Waals surface area (Å²) in [5.74, 6) is 0.729. The highest BCUT2D eigenvalue weighted by molar-refractivity contribution is 5.32. The molecule has 5 nitrogen and oxygen atoms in total. The topological polar surface area (TPSA) is 65.7 Å². The fraction of sp³-hybridized carbons (Fsp3) is 0.435. The van der Waals surface area contributed by atoms with E-state index in [0.717, 1.165) is 17.9 Å². The summed E-state index contributed by atoms with van der Waals surface area (Å²) >= 11 is 0. The van der Waals surface area contributed by atoms with Crippen LogP contribution in [0.2, 0.25) is 0 Å². The Morgan fingerprint density at radius 1 is 1.07 bits per heavy atom. The van der Waals surface area contributed by atoms with Crippen molar-refractivity contribution in [3.63, 3.8) is 0 Å². The molecule has 1 N–H and O–H groups in total. The van der Waals surface area contributed by atoms with Crippen molar-refractivity contribution in [2.75, 3.05) is 19.8 Å². The molecule has 146 valence electrons. The average Bonchev–Trinajstić information content (AvgIpc) is 2.70. The maximum atomic E-state index is 11.5. The second-order valence-electron chi connectivity index (χ2n) is 7.72. The Bertz CT molecular complexity index is 802. The summed E-state index contributed by atoms with van der Waals surface area (Å²) < 4.78 is 11.4. The smallest absolute Gasteiger partial charge is 0.119 e. The largest absolute Gasteiger partial charge is 0.493 e. The third-order valence-electron chi connectivity index (χ3n) is 5.79. The zero-order valence-corrected chi connectivity index (χ0v) is 16.0. The Hall–Kier alpha value is -2.39. The molecule has 5 heteroatoms. The van der Waals surface area contributed by atoms with Gasteiger partial charge >= 0.3 is 0 Å². The maximum absolute atomic E-state index is 11.5. The van der Waals surface area contributed by atoms with Gasteiger partial charge in [-0.25, -0.2) is 0 Å². The van der Waals surface area contributed by atoms with E-state index in [4.69, 9.17) is 14.7 Å². The second kappa shape index (κ2) is 8.32. The Balaban J connectivity index is 1.47. The fourth-order valence-corrected chi connectivity index (χ4v) is 4.41. The number of hydrogen-bond donors (Lipinski definition) is 1. The first-order valence-corrected chi connectivity index (χ1v) is 9.88. The van der Waals surface area contributed by atoms with Gasteiger partial charge in [0.2, 0.25) is 0 Å². The molecule has 2 saturated heterocycles. The summed E-state index contributed by atoms with van der Waals surface area (Å²) in [6.45, 7) is 2.58. The van der Waals surface area contributed by atoms with Gasteiger partial charge in [-0.05, 0) is 36.1 Å². The van der Waals surface area contributed by atoms with Crippen molar-refractivity contribution < 1.29 is 14.6 Å². The van der Waals surface area contributed by atoms with Crippen LogP contribution in [-0.2, 0) is 16.9 Å². The molecule has 0 spiro atoms. The van der Waals surface area contributed by atoms with Gasteiger partial charge in [-0.3, -0.25) is 4.90 Å². The lowest BCUT2D eigenvalue weighted by Gasteiger charge is -2.52. The van der Waals surface area contributed by atoms with Crippen LogP contribution in [-0.4, -0.2) is 41.9 Å². The molecule has 0 aliphatic carbocycles. The number of ether oxygens (including phenoxy) is 2. The molecule has 0 aromatic heterocycles. The second-order valence-corrected chi connectivity index (χ2v) is 7.72. The molecule has 2 unspecified atom stereocenters. The number of fused-ring (bicyclic) bond motifs is 2. The molecule has 2 aliphatic heterocycles. The number of aliphatic hydroxyl groups is 1. The van der Waals surface area contributed by atoms with Gasteiger partial charge in [-0.1, -0.05) is 42.5 Å². The Kier molecular flexibility index (Phi) is 5.63. The summed E-state index contributed by atoms with van der Waals surface area (Å²) in [6, 6.07) is 20.6. The summed E-state index contributed by atoms with van der Waals surface area (Å²) in [5.41, 5.74) is 1.37. The van der Waals surface area contributed by atoms with E-state index >= 15 is 0 Å². The molecule has 2 aliphatic rings. The van der Waals surface area contributed by atoms with E-state index in [-0.39, 0.29) is 12.1 Å². The number of morpholine rings is 1. The van der Waals surface area contributed by atoms with Crippen LogP contribution >= 0.6 is 0 Å². The van der Waals surface area contributed by atoms with Gasteiger partial charge in [0.1, 0.15) is 12.4 Å². The standard InChI is InChI=1S/C23H26N2O3/c24-11-4-12-28-22-9-7-19(8-10-22)23(26)13-20-16-27-17-21(14-23)25(20)15-18-5-2-1-3-6-18/h1-3,5-10,20-21,26H,4,12-17H2. The van der Waals surface area contributed by atoms with Crippen molar-refractivity contribution in [3.8, 4) is 11.8 Å². The first-order valence-electron chi connectivity index (χ1n) is 9.88. The summed E-state index contributed by atoms with van der Waals surface area (Å²) in [4.78, 5) is 2.49. The zero-order valence-electron chi connectivity index (χ0n) is 16.0. The molecule has 2 atom stereocenters. The molecule has 2 aromatic rings. The van der Waals surface area contributed by atoms with Crippen LogP contribution in [0, 0.1) is 11.3 Å². The van der Waals surface area contributed by atoms with Crippen molar-refractivity contribution in [2.45, 2.75) is 43.5 Å². The molecule has 2 aromatic carbocycles. The maximum Gasteiger partial charge on any atom is 0.119 e. The number of hydrogen-bond acceptors (Lipinski definition) is 5. The van der Waals surface area contributed by atoms with Crippen LogP contribution in [0.1, 0.15) is 30.4 Å². The highest BCUT2D eigenvalue weighted by Gasteiger charge is 2.46. The molecule has 0 amide bonds. The van der Waals surface area contributed by atoms with Crippen LogP contribution in [0.25, 0.3) is 0 Å². The van der Waals surface area contributed by atoms with Gasteiger partial charge in [0.05, 0.1) is 31.3 Å². The number of nitrogens with zero attached hydrogens (tertiary/aromatic N) is 2. The van der Waals surface area contributed by atoms with E-state index in [0.29, 0.717) is 39.1 Å². The molecule has 0 radical (unpaired) electrons. The predicted molar refractivity (Wildman–Crippen MR) is 106 cm³/mol. The molecule has 0 saturated carbocycles. The number of benzene rings is 2. The van der Waals surface area contributed by atoms with Crippen molar-refractivity contribution >= 4 is 0 Å². The molecule has 2 fully saturated rings. The lowest BCUT2D eigenvalue weighted by Crippen LogP contribution is -2.60. The van der Waals surface area contributed by atoms with Gasteiger partial charge < -0.3 is 14.6 Å². The Labute approximate surface area is 166 Å². The third kappa shape index (κ3) is 4.05. The summed E-state index contributed by atoms with van der Waals surface area (Å²) in [7, 11) is 0. The van der Waals surface area contributed by atoms with E-state index in [1.807, 2.05) is 30.3 Å². The van der Waals surface area contributed by atoms with Crippen molar-refractivity contribution in [1.82, 2.24) is 4.90 Å². The highest BCUT2D eigenvalue weighted by atomic mass is 16.5. The minimum Gasteiger partial charge on any atom is -0.493 e. The minimum atomic E-state index is -0.850. The van der Waals surface area contributed by atoms with Crippen molar-refractivity contribution in [2.24, 2.45) is 0 Å². The van der Waals surface area contributed by atoms with Crippen molar-refractivity contribution in [3.05, 3.63) is 65.7 Å².